The summed E-state index contributed by atoms with van der Waals surface area (Å²) < 4.78 is 0. The molecular weight excluding hydrogens is 448 g/mol. The van der Waals surface area contributed by atoms with E-state index in [1.165, 1.54) is 84.5 Å². The van der Waals surface area contributed by atoms with Crippen LogP contribution in [-0.4, -0.2) is 36.0 Å². The highest BCUT2D eigenvalue weighted by Crippen LogP contribution is 2.33. The predicted octanol–water partition coefficient (Wildman–Crippen LogP) is 7.54. The smallest absolute Gasteiger partial charge is 0.0233 e. The standard InChI is InChI=1S/C32H36N2.ClH/c1-3-7-31-21-25(9-11-27(31)5-1)23-33-17-13-29(14-18-33)30-15-19-34(20-16-30)24-26-10-12-28-6-2-4-8-32(28)22-26;/h1-12,21-22,29-30H,13-20,23-24H2;1H. The molecule has 2 heterocycles. The Morgan fingerprint density at radius 3 is 1.26 bits per heavy atom. The fourth-order valence-electron chi connectivity index (χ4n) is 6.36. The Bertz CT molecular complexity index is 1150. The van der Waals surface area contributed by atoms with E-state index in [4.69, 9.17) is 0 Å². The molecule has 0 radical (unpaired) electrons. The zero-order valence-electron chi connectivity index (χ0n) is 20.6. The van der Waals surface area contributed by atoms with Crippen LogP contribution in [0.25, 0.3) is 21.5 Å². The number of piperidine rings is 2. The molecule has 3 heteroatoms. The van der Waals surface area contributed by atoms with E-state index in [1.54, 1.807) is 0 Å². The second-order valence-electron chi connectivity index (χ2n) is 10.6. The van der Waals surface area contributed by atoms with E-state index in [1.807, 2.05) is 0 Å². The number of benzene rings is 4. The summed E-state index contributed by atoms with van der Waals surface area (Å²) in [7, 11) is 0. The summed E-state index contributed by atoms with van der Waals surface area (Å²) in [5, 5.41) is 5.42. The first-order valence-electron chi connectivity index (χ1n) is 13.2. The molecule has 0 unspecified atom stereocenters. The monoisotopic (exact) mass is 484 g/mol. The molecule has 35 heavy (non-hydrogen) atoms. The van der Waals surface area contributed by atoms with Crippen molar-refractivity contribution in [3.63, 3.8) is 0 Å². The van der Waals surface area contributed by atoms with E-state index in [9.17, 15) is 0 Å². The topological polar surface area (TPSA) is 6.48 Å². The van der Waals surface area contributed by atoms with Gasteiger partial charge in [-0.3, -0.25) is 9.80 Å². The van der Waals surface area contributed by atoms with Gasteiger partial charge in [-0.25, -0.2) is 0 Å². The van der Waals surface area contributed by atoms with Gasteiger partial charge < -0.3 is 0 Å². The fourth-order valence-corrected chi connectivity index (χ4v) is 6.36. The van der Waals surface area contributed by atoms with Gasteiger partial charge in [0.1, 0.15) is 0 Å². The quantitative estimate of drug-likeness (QED) is 0.288. The van der Waals surface area contributed by atoms with Crippen LogP contribution < -0.4 is 0 Å². The Kier molecular flexibility index (Phi) is 7.72. The van der Waals surface area contributed by atoms with Crippen LogP contribution in [0.3, 0.4) is 0 Å². The summed E-state index contributed by atoms with van der Waals surface area (Å²) in [6.07, 6.45) is 5.51. The van der Waals surface area contributed by atoms with E-state index in [2.05, 4.69) is 94.7 Å². The summed E-state index contributed by atoms with van der Waals surface area (Å²) in [5.74, 6) is 1.85. The van der Waals surface area contributed by atoms with Crippen molar-refractivity contribution in [3.05, 3.63) is 96.1 Å². The van der Waals surface area contributed by atoms with Gasteiger partial charge in [-0.05, 0) is 109 Å². The molecule has 182 valence electrons. The minimum atomic E-state index is 0. The summed E-state index contributed by atoms with van der Waals surface area (Å²) in [4.78, 5) is 5.35. The van der Waals surface area contributed by atoms with Gasteiger partial charge in [0.2, 0.25) is 0 Å². The molecule has 2 fully saturated rings. The lowest BCUT2D eigenvalue weighted by molar-refractivity contribution is 0.0910. The van der Waals surface area contributed by atoms with Gasteiger partial charge in [0.05, 0.1) is 0 Å². The largest absolute Gasteiger partial charge is 0.299 e. The fraction of sp³-hybridized carbons (Fsp3) is 0.375. The van der Waals surface area contributed by atoms with Crippen LogP contribution in [0.5, 0.6) is 0 Å². The van der Waals surface area contributed by atoms with E-state index in [0.29, 0.717) is 0 Å². The molecule has 0 aliphatic carbocycles. The lowest BCUT2D eigenvalue weighted by Gasteiger charge is -2.40. The van der Waals surface area contributed by atoms with Gasteiger partial charge in [0.25, 0.3) is 0 Å². The van der Waals surface area contributed by atoms with Gasteiger partial charge in [-0.1, -0.05) is 72.8 Å². The van der Waals surface area contributed by atoms with Gasteiger partial charge in [-0.2, -0.15) is 0 Å². The van der Waals surface area contributed by atoms with E-state index in [-0.39, 0.29) is 12.4 Å². The molecule has 2 nitrogen and oxygen atoms in total. The van der Waals surface area contributed by atoms with Crippen molar-refractivity contribution >= 4 is 34.0 Å². The number of fused-ring (bicyclic) bond motifs is 2. The maximum absolute atomic E-state index is 2.68. The summed E-state index contributed by atoms with van der Waals surface area (Å²) in [6, 6.07) is 31.4. The Balaban J connectivity index is 0.00000253. The van der Waals surface area contributed by atoms with Crippen LogP contribution in [0.4, 0.5) is 0 Å². The first kappa shape index (κ1) is 24.3. The first-order valence-corrected chi connectivity index (χ1v) is 13.2. The van der Waals surface area contributed by atoms with Crippen molar-refractivity contribution in [2.75, 3.05) is 26.2 Å². The van der Waals surface area contributed by atoms with Gasteiger partial charge in [0, 0.05) is 13.1 Å². The molecule has 6 rings (SSSR count). The first-order chi connectivity index (χ1) is 16.8. The van der Waals surface area contributed by atoms with Crippen LogP contribution in [0, 0.1) is 11.8 Å². The number of halogens is 1. The molecule has 0 aromatic heterocycles. The van der Waals surface area contributed by atoms with Crippen LogP contribution in [0.15, 0.2) is 84.9 Å². The second-order valence-corrected chi connectivity index (χ2v) is 10.6. The molecule has 0 bridgehead atoms. The van der Waals surface area contributed by atoms with Crippen molar-refractivity contribution in [2.24, 2.45) is 11.8 Å². The number of likely N-dealkylation sites (tertiary alicyclic amines) is 2. The molecule has 4 aromatic carbocycles. The summed E-state index contributed by atoms with van der Waals surface area (Å²) >= 11 is 0. The average Bonchev–Trinajstić information content (AvgIpc) is 2.89. The van der Waals surface area contributed by atoms with Gasteiger partial charge in [-0.15, -0.1) is 12.4 Å². The number of hydrogen-bond donors (Lipinski definition) is 0. The third-order valence-electron chi connectivity index (χ3n) is 8.37. The Morgan fingerprint density at radius 2 is 0.857 bits per heavy atom. The Labute approximate surface area is 216 Å². The molecule has 2 aliphatic heterocycles. The predicted molar refractivity (Wildman–Crippen MR) is 151 cm³/mol. The highest BCUT2D eigenvalue weighted by atomic mass is 35.5. The number of hydrogen-bond acceptors (Lipinski definition) is 2. The maximum Gasteiger partial charge on any atom is 0.0233 e. The lowest BCUT2D eigenvalue weighted by atomic mass is 9.78. The van der Waals surface area contributed by atoms with E-state index in [0.717, 1.165) is 24.9 Å². The molecule has 0 atom stereocenters. The van der Waals surface area contributed by atoms with Crippen molar-refractivity contribution in [2.45, 2.75) is 38.8 Å². The zero-order chi connectivity index (χ0) is 22.7. The lowest BCUT2D eigenvalue weighted by Crippen LogP contribution is -2.40. The number of rotatable bonds is 5. The normalized spacial score (nSPS) is 18.6. The van der Waals surface area contributed by atoms with Gasteiger partial charge in [0.15, 0.2) is 0 Å². The minimum Gasteiger partial charge on any atom is -0.299 e. The van der Waals surface area contributed by atoms with Crippen LogP contribution >= 0.6 is 12.4 Å². The zero-order valence-corrected chi connectivity index (χ0v) is 21.4. The van der Waals surface area contributed by atoms with E-state index < -0.39 is 0 Å². The minimum absolute atomic E-state index is 0. The van der Waals surface area contributed by atoms with Crippen LogP contribution in [-0.2, 0) is 13.1 Å². The van der Waals surface area contributed by atoms with Crippen molar-refractivity contribution in [1.29, 1.82) is 0 Å². The van der Waals surface area contributed by atoms with Crippen molar-refractivity contribution in [3.8, 4) is 0 Å². The summed E-state index contributed by atoms with van der Waals surface area (Å²) in [6.45, 7) is 7.23. The number of nitrogens with zero attached hydrogens (tertiary/aromatic N) is 2. The Morgan fingerprint density at radius 1 is 0.486 bits per heavy atom. The summed E-state index contributed by atoms with van der Waals surface area (Å²) in [5.41, 5.74) is 2.92. The molecule has 2 aliphatic rings. The molecule has 0 N–H and O–H groups in total. The second kappa shape index (κ2) is 11.1. The third kappa shape index (κ3) is 5.72. The highest BCUT2D eigenvalue weighted by molar-refractivity contribution is 5.85. The van der Waals surface area contributed by atoms with Crippen LogP contribution in [0.1, 0.15) is 36.8 Å². The molecule has 0 amide bonds. The molecular formula is C32H37ClN2. The SMILES string of the molecule is Cl.c1ccc2cc(CN3CCC(C4CCN(Cc5ccc6ccccc6c5)CC4)CC3)ccc2c1. The Hall–Kier alpha value is -2.39. The van der Waals surface area contributed by atoms with Crippen molar-refractivity contribution < 1.29 is 0 Å². The van der Waals surface area contributed by atoms with Crippen LogP contribution in [0.2, 0.25) is 0 Å². The maximum atomic E-state index is 2.68. The third-order valence-corrected chi connectivity index (χ3v) is 8.37. The van der Waals surface area contributed by atoms with E-state index >= 15 is 0 Å². The molecule has 2 saturated heterocycles. The average molecular weight is 485 g/mol. The highest BCUT2D eigenvalue weighted by Gasteiger charge is 2.29. The molecule has 0 spiro atoms. The molecule has 0 saturated carbocycles. The van der Waals surface area contributed by atoms with Crippen molar-refractivity contribution in [1.82, 2.24) is 9.80 Å². The van der Waals surface area contributed by atoms with Gasteiger partial charge >= 0.3 is 0 Å². The molecule has 4 aromatic rings.